The van der Waals surface area contributed by atoms with E-state index in [9.17, 15) is 19.5 Å². The number of carbonyl (C=O) groups excluding carboxylic acids is 2. The number of aliphatic carboxylic acids is 1. The molecule has 184 valence electrons. The normalized spacial score (nSPS) is 25.1. The van der Waals surface area contributed by atoms with Crippen LogP contribution in [0.4, 0.5) is 4.79 Å². The van der Waals surface area contributed by atoms with Crippen molar-refractivity contribution in [3.63, 3.8) is 0 Å². The molecule has 2 saturated carbocycles. The Bertz CT molecular complexity index is 1100. The summed E-state index contributed by atoms with van der Waals surface area (Å²) in [6, 6.07) is 15.1. The van der Waals surface area contributed by atoms with Crippen LogP contribution in [0, 0.1) is 23.7 Å². The summed E-state index contributed by atoms with van der Waals surface area (Å²) in [5.41, 5.74) is 4.62. The Labute approximate surface area is 205 Å². The molecule has 2 fully saturated rings. The second-order valence-electron chi connectivity index (χ2n) is 10.4. The number of amides is 2. The molecule has 7 nitrogen and oxygen atoms in total. The minimum absolute atomic E-state index is 0.0327. The van der Waals surface area contributed by atoms with Crippen LogP contribution < -0.4 is 10.6 Å². The first-order valence-corrected chi connectivity index (χ1v) is 12.5. The molecule has 5 atom stereocenters. The van der Waals surface area contributed by atoms with Gasteiger partial charge in [-0.05, 0) is 59.3 Å². The van der Waals surface area contributed by atoms with Crippen molar-refractivity contribution in [2.45, 2.75) is 51.1 Å². The van der Waals surface area contributed by atoms with E-state index in [-0.39, 0.29) is 42.2 Å². The van der Waals surface area contributed by atoms with Gasteiger partial charge in [0.1, 0.15) is 12.6 Å². The third-order valence-corrected chi connectivity index (χ3v) is 8.08. The van der Waals surface area contributed by atoms with Gasteiger partial charge in [-0.2, -0.15) is 0 Å². The van der Waals surface area contributed by atoms with Crippen LogP contribution >= 0.6 is 0 Å². The molecule has 0 saturated heterocycles. The lowest BCUT2D eigenvalue weighted by Crippen LogP contribution is -2.54. The van der Waals surface area contributed by atoms with E-state index >= 15 is 0 Å². The summed E-state index contributed by atoms with van der Waals surface area (Å²) < 4.78 is 5.72. The topological polar surface area (TPSA) is 105 Å². The van der Waals surface area contributed by atoms with Gasteiger partial charge in [0.2, 0.25) is 5.91 Å². The fraction of sp³-hybridized carbons (Fsp3) is 0.464. The lowest BCUT2D eigenvalue weighted by atomic mass is 9.83. The minimum atomic E-state index is -1.04. The summed E-state index contributed by atoms with van der Waals surface area (Å²) in [6.07, 6.45) is 2.22. The lowest BCUT2D eigenvalue weighted by molar-refractivity contribution is -0.144. The van der Waals surface area contributed by atoms with Gasteiger partial charge in [-0.25, -0.2) is 9.59 Å². The van der Waals surface area contributed by atoms with Crippen LogP contribution in [0.2, 0.25) is 0 Å². The van der Waals surface area contributed by atoms with Crippen LogP contribution in [-0.2, 0) is 14.3 Å². The standard InChI is InChI=1S/C28H32N2O5/c1-15(2)24(27(32)33)29-26(31)23-16-11-12-17(13-16)25(23)30-28(34)35-14-22-20-9-5-3-7-18(20)19-8-4-6-10-21(19)22/h3-10,15-17,22-25H,11-14H2,1-2H3,(H,29,31)(H,30,34)(H,32,33). The number of carbonyl (C=O) groups is 3. The molecule has 5 unspecified atom stereocenters. The quantitative estimate of drug-likeness (QED) is 0.557. The van der Waals surface area contributed by atoms with E-state index < -0.39 is 24.0 Å². The largest absolute Gasteiger partial charge is 0.480 e. The number of benzene rings is 2. The van der Waals surface area contributed by atoms with Gasteiger partial charge in [-0.3, -0.25) is 4.79 Å². The zero-order valence-electron chi connectivity index (χ0n) is 20.1. The molecule has 0 aliphatic heterocycles. The highest BCUT2D eigenvalue weighted by molar-refractivity contribution is 5.86. The molecule has 0 aromatic heterocycles. The first kappa shape index (κ1) is 23.4. The zero-order chi connectivity index (χ0) is 24.7. The van der Waals surface area contributed by atoms with E-state index in [1.54, 1.807) is 13.8 Å². The molecule has 5 rings (SSSR count). The lowest BCUT2D eigenvalue weighted by Gasteiger charge is -2.32. The van der Waals surface area contributed by atoms with Gasteiger partial charge in [0.15, 0.2) is 0 Å². The van der Waals surface area contributed by atoms with Crippen molar-refractivity contribution in [2.75, 3.05) is 6.61 Å². The average Bonchev–Trinajstić information content (AvgIpc) is 3.53. The van der Waals surface area contributed by atoms with Crippen LogP contribution in [0.3, 0.4) is 0 Å². The molecule has 35 heavy (non-hydrogen) atoms. The molecule has 2 aromatic rings. The van der Waals surface area contributed by atoms with Crippen molar-refractivity contribution in [2.24, 2.45) is 23.7 Å². The van der Waals surface area contributed by atoms with Crippen LogP contribution in [0.25, 0.3) is 11.1 Å². The molecule has 0 spiro atoms. The number of alkyl carbamates (subject to hydrolysis) is 1. The zero-order valence-corrected chi connectivity index (χ0v) is 20.1. The maximum atomic E-state index is 13.1. The Balaban J connectivity index is 1.26. The maximum absolute atomic E-state index is 13.1. The Hall–Kier alpha value is -3.35. The minimum Gasteiger partial charge on any atom is -0.480 e. The highest BCUT2D eigenvalue weighted by atomic mass is 16.5. The molecule has 3 aliphatic carbocycles. The van der Waals surface area contributed by atoms with Crippen molar-refractivity contribution in [1.82, 2.24) is 10.6 Å². The molecule has 2 amide bonds. The van der Waals surface area contributed by atoms with E-state index in [0.29, 0.717) is 0 Å². The SMILES string of the molecule is CC(C)C(NC(=O)C1C2CCC(C2)C1NC(=O)OCC1c2ccccc2-c2ccccc21)C(=O)O. The van der Waals surface area contributed by atoms with Gasteiger partial charge in [0.05, 0.1) is 5.92 Å². The number of hydrogen-bond donors (Lipinski definition) is 3. The third kappa shape index (κ3) is 4.28. The molecular formula is C28H32N2O5. The van der Waals surface area contributed by atoms with E-state index in [4.69, 9.17) is 4.74 Å². The van der Waals surface area contributed by atoms with Crippen molar-refractivity contribution < 1.29 is 24.2 Å². The van der Waals surface area contributed by atoms with Gasteiger partial charge in [-0.1, -0.05) is 62.4 Å². The summed E-state index contributed by atoms with van der Waals surface area (Å²) in [4.78, 5) is 37.6. The highest BCUT2D eigenvalue weighted by Gasteiger charge is 2.52. The van der Waals surface area contributed by atoms with Gasteiger partial charge in [0.25, 0.3) is 0 Å². The van der Waals surface area contributed by atoms with Crippen LogP contribution in [0.1, 0.15) is 50.2 Å². The van der Waals surface area contributed by atoms with E-state index in [1.807, 2.05) is 24.3 Å². The summed E-state index contributed by atoms with van der Waals surface area (Å²) in [5, 5.41) is 15.2. The fourth-order valence-electron chi connectivity index (χ4n) is 6.42. The molecule has 7 heteroatoms. The van der Waals surface area contributed by atoms with Crippen LogP contribution in [0.5, 0.6) is 0 Å². The van der Waals surface area contributed by atoms with Crippen molar-refractivity contribution in [3.05, 3.63) is 59.7 Å². The smallest absolute Gasteiger partial charge is 0.407 e. The number of ether oxygens (including phenoxy) is 1. The molecule has 2 aromatic carbocycles. The van der Waals surface area contributed by atoms with Crippen molar-refractivity contribution in [1.29, 1.82) is 0 Å². The van der Waals surface area contributed by atoms with E-state index in [1.165, 1.54) is 11.1 Å². The summed E-state index contributed by atoms with van der Waals surface area (Å²) in [5.74, 6) is -1.67. The third-order valence-electron chi connectivity index (χ3n) is 8.08. The number of fused-ring (bicyclic) bond motifs is 5. The van der Waals surface area contributed by atoms with Crippen molar-refractivity contribution >= 4 is 18.0 Å². The van der Waals surface area contributed by atoms with Crippen LogP contribution in [0.15, 0.2) is 48.5 Å². The van der Waals surface area contributed by atoms with Crippen LogP contribution in [-0.4, -0.2) is 41.8 Å². The van der Waals surface area contributed by atoms with Gasteiger partial charge >= 0.3 is 12.1 Å². The molecule has 3 N–H and O–H groups in total. The molecule has 0 radical (unpaired) electrons. The van der Waals surface area contributed by atoms with E-state index in [0.717, 1.165) is 30.4 Å². The van der Waals surface area contributed by atoms with Gasteiger partial charge in [-0.15, -0.1) is 0 Å². The van der Waals surface area contributed by atoms with Gasteiger partial charge in [0, 0.05) is 12.0 Å². The number of carboxylic acids is 1. The number of nitrogens with one attached hydrogen (secondary N) is 2. The Morgan fingerprint density at radius 2 is 1.57 bits per heavy atom. The Morgan fingerprint density at radius 1 is 0.971 bits per heavy atom. The highest BCUT2D eigenvalue weighted by Crippen LogP contribution is 2.49. The molecular weight excluding hydrogens is 444 g/mol. The predicted octanol–water partition coefficient (Wildman–Crippen LogP) is 4.17. The molecule has 2 bridgehead atoms. The summed E-state index contributed by atoms with van der Waals surface area (Å²) in [7, 11) is 0. The number of hydrogen-bond acceptors (Lipinski definition) is 4. The summed E-state index contributed by atoms with van der Waals surface area (Å²) >= 11 is 0. The second-order valence-corrected chi connectivity index (χ2v) is 10.4. The maximum Gasteiger partial charge on any atom is 0.407 e. The molecule has 0 heterocycles. The predicted molar refractivity (Wildman–Crippen MR) is 131 cm³/mol. The summed E-state index contributed by atoms with van der Waals surface area (Å²) in [6.45, 7) is 3.75. The van der Waals surface area contributed by atoms with Crippen molar-refractivity contribution in [3.8, 4) is 11.1 Å². The Kier molecular flexibility index (Phi) is 6.26. The first-order chi connectivity index (χ1) is 16.8. The fourth-order valence-corrected chi connectivity index (χ4v) is 6.42. The number of rotatable bonds is 7. The first-order valence-electron chi connectivity index (χ1n) is 12.5. The number of carboxylic acid groups (broad SMARTS) is 1. The van der Waals surface area contributed by atoms with Gasteiger partial charge < -0.3 is 20.5 Å². The Morgan fingerprint density at radius 3 is 2.17 bits per heavy atom. The van der Waals surface area contributed by atoms with E-state index in [2.05, 4.69) is 34.9 Å². The molecule has 3 aliphatic rings. The second kappa shape index (κ2) is 9.36. The monoisotopic (exact) mass is 476 g/mol. The average molecular weight is 477 g/mol.